The lowest BCUT2D eigenvalue weighted by Gasteiger charge is -2.28. The summed E-state index contributed by atoms with van der Waals surface area (Å²) in [6.45, 7) is 3.97. The standard InChI is InChI=1S/C11H18N4O/c1-2-9-8-10(13-11(12)15(9)16)14-6-4-3-5-7-14/h8,12,16H,2-7H2,1H3. The second kappa shape index (κ2) is 4.55. The van der Waals surface area contributed by atoms with Gasteiger partial charge < -0.3 is 10.1 Å². The van der Waals surface area contributed by atoms with Crippen molar-refractivity contribution in [3.8, 4) is 0 Å². The fraction of sp³-hybridized carbons (Fsp3) is 0.636. The van der Waals surface area contributed by atoms with E-state index in [-0.39, 0.29) is 5.62 Å². The zero-order valence-corrected chi connectivity index (χ0v) is 9.61. The third-order valence-corrected chi connectivity index (χ3v) is 3.03. The van der Waals surface area contributed by atoms with E-state index in [4.69, 9.17) is 5.41 Å². The lowest BCUT2D eigenvalue weighted by atomic mass is 10.1. The maximum absolute atomic E-state index is 9.57. The van der Waals surface area contributed by atoms with Crippen LogP contribution in [0, 0.1) is 5.41 Å². The highest BCUT2D eigenvalue weighted by Crippen LogP contribution is 2.17. The van der Waals surface area contributed by atoms with Crippen molar-refractivity contribution < 1.29 is 5.21 Å². The second-order valence-corrected chi connectivity index (χ2v) is 4.14. The van der Waals surface area contributed by atoms with Crippen LogP contribution in [0.3, 0.4) is 0 Å². The van der Waals surface area contributed by atoms with Gasteiger partial charge in [0, 0.05) is 19.2 Å². The van der Waals surface area contributed by atoms with Crippen molar-refractivity contribution in [1.82, 2.24) is 9.71 Å². The number of nitrogens with one attached hydrogen (secondary N) is 1. The molecule has 1 fully saturated rings. The fourth-order valence-electron chi connectivity index (χ4n) is 2.07. The molecule has 0 aromatic carbocycles. The van der Waals surface area contributed by atoms with Crippen molar-refractivity contribution in [3.05, 3.63) is 17.4 Å². The van der Waals surface area contributed by atoms with E-state index in [1.807, 2.05) is 13.0 Å². The summed E-state index contributed by atoms with van der Waals surface area (Å²) in [4.78, 5) is 6.31. The molecule has 0 saturated carbocycles. The number of aryl methyl sites for hydroxylation is 1. The summed E-state index contributed by atoms with van der Waals surface area (Å²) in [6.07, 6.45) is 4.35. The number of rotatable bonds is 2. The maximum atomic E-state index is 9.57. The van der Waals surface area contributed by atoms with Crippen LogP contribution < -0.4 is 10.5 Å². The summed E-state index contributed by atoms with van der Waals surface area (Å²) in [7, 11) is 0. The monoisotopic (exact) mass is 222 g/mol. The van der Waals surface area contributed by atoms with Gasteiger partial charge in [-0.25, -0.2) is 0 Å². The van der Waals surface area contributed by atoms with Crippen LogP contribution in [-0.2, 0) is 6.42 Å². The molecule has 0 unspecified atom stereocenters. The van der Waals surface area contributed by atoms with Gasteiger partial charge in [-0.3, -0.25) is 5.41 Å². The van der Waals surface area contributed by atoms with Crippen LogP contribution in [-0.4, -0.2) is 28.0 Å². The molecule has 2 rings (SSSR count). The Morgan fingerprint density at radius 3 is 2.69 bits per heavy atom. The lowest BCUT2D eigenvalue weighted by Crippen LogP contribution is -2.34. The highest BCUT2D eigenvalue weighted by molar-refractivity contribution is 5.39. The first kappa shape index (κ1) is 11.0. The Kier molecular flexibility index (Phi) is 3.12. The third-order valence-electron chi connectivity index (χ3n) is 3.03. The summed E-state index contributed by atoms with van der Waals surface area (Å²) in [5.74, 6) is 0.826. The molecule has 16 heavy (non-hydrogen) atoms. The lowest BCUT2D eigenvalue weighted by molar-refractivity contribution is 0.156. The topological polar surface area (TPSA) is 65.1 Å². The van der Waals surface area contributed by atoms with Crippen LogP contribution in [0.15, 0.2) is 6.07 Å². The molecule has 0 aliphatic carbocycles. The summed E-state index contributed by atoms with van der Waals surface area (Å²) in [6, 6.07) is 1.88. The molecule has 0 spiro atoms. The van der Waals surface area contributed by atoms with Gasteiger partial charge in [0.15, 0.2) is 0 Å². The Balaban J connectivity index is 2.33. The van der Waals surface area contributed by atoms with Gasteiger partial charge in [-0.2, -0.15) is 9.71 Å². The molecular weight excluding hydrogens is 204 g/mol. The van der Waals surface area contributed by atoms with Gasteiger partial charge in [0.1, 0.15) is 5.82 Å². The van der Waals surface area contributed by atoms with Crippen molar-refractivity contribution in [2.45, 2.75) is 32.6 Å². The molecule has 0 radical (unpaired) electrons. The Labute approximate surface area is 94.8 Å². The second-order valence-electron chi connectivity index (χ2n) is 4.14. The van der Waals surface area contributed by atoms with Crippen molar-refractivity contribution in [2.24, 2.45) is 0 Å². The average Bonchev–Trinajstić information content (AvgIpc) is 2.33. The van der Waals surface area contributed by atoms with E-state index in [1.165, 1.54) is 19.3 Å². The van der Waals surface area contributed by atoms with E-state index in [2.05, 4.69) is 9.88 Å². The first-order valence-corrected chi connectivity index (χ1v) is 5.84. The van der Waals surface area contributed by atoms with Crippen molar-refractivity contribution in [2.75, 3.05) is 18.0 Å². The van der Waals surface area contributed by atoms with Crippen LogP contribution in [0.5, 0.6) is 0 Å². The molecule has 1 saturated heterocycles. The van der Waals surface area contributed by atoms with Gasteiger partial charge in [-0.1, -0.05) is 6.92 Å². The zero-order valence-electron chi connectivity index (χ0n) is 9.61. The predicted molar refractivity (Wildman–Crippen MR) is 60.7 cm³/mol. The molecule has 5 nitrogen and oxygen atoms in total. The van der Waals surface area contributed by atoms with E-state index < -0.39 is 0 Å². The smallest absolute Gasteiger partial charge is 0.257 e. The van der Waals surface area contributed by atoms with Gasteiger partial charge in [-0.05, 0) is 25.7 Å². The molecule has 0 atom stereocenters. The number of nitrogens with zero attached hydrogens (tertiary/aromatic N) is 3. The van der Waals surface area contributed by atoms with Crippen LogP contribution in [0.1, 0.15) is 31.9 Å². The van der Waals surface area contributed by atoms with E-state index >= 15 is 0 Å². The Morgan fingerprint density at radius 2 is 2.06 bits per heavy atom. The number of hydrogen-bond donors (Lipinski definition) is 2. The predicted octanol–water partition coefficient (Wildman–Crippen LogP) is 1.15. The molecule has 1 aliphatic rings. The Morgan fingerprint density at radius 1 is 1.38 bits per heavy atom. The minimum atomic E-state index is -0.0834. The SMILES string of the molecule is CCc1cc(N2CCCCC2)nc(=N)n1O. The van der Waals surface area contributed by atoms with Crippen LogP contribution in [0.25, 0.3) is 0 Å². The number of piperidine rings is 1. The molecule has 1 aliphatic heterocycles. The number of anilines is 1. The molecular formula is C11H18N4O. The van der Waals surface area contributed by atoms with Crippen molar-refractivity contribution in [3.63, 3.8) is 0 Å². The third kappa shape index (κ3) is 2.03. The zero-order chi connectivity index (χ0) is 11.5. The normalized spacial score (nSPS) is 16.4. The van der Waals surface area contributed by atoms with E-state index in [0.717, 1.165) is 29.3 Å². The van der Waals surface area contributed by atoms with Crippen molar-refractivity contribution in [1.29, 1.82) is 5.41 Å². The van der Waals surface area contributed by atoms with Crippen LogP contribution in [0.4, 0.5) is 5.82 Å². The molecule has 2 N–H and O–H groups in total. The molecule has 0 bridgehead atoms. The Hall–Kier alpha value is -1.52. The minimum Gasteiger partial charge on any atom is -0.425 e. The van der Waals surface area contributed by atoms with Gasteiger partial charge in [0.25, 0.3) is 5.62 Å². The van der Waals surface area contributed by atoms with Gasteiger partial charge in [0.2, 0.25) is 0 Å². The van der Waals surface area contributed by atoms with Gasteiger partial charge in [-0.15, -0.1) is 0 Å². The number of hydrogen-bond acceptors (Lipinski definition) is 4. The minimum absolute atomic E-state index is 0.0834. The highest BCUT2D eigenvalue weighted by Gasteiger charge is 2.14. The summed E-state index contributed by atoms with van der Waals surface area (Å²) >= 11 is 0. The largest absolute Gasteiger partial charge is 0.425 e. The molecule has 1 aromatic heterocycles. The average molecular weight is 222 g/mol. The number of aromatic nitrogens is 2. The van der Waals surface area contributed by atoms with Crippen molar-refractivity contribution >= 4 is 5.82 Å². The molecule has 5 heteroatoms. The first-order chi connectivity index (χ1) is 7.72. The van der Waals surface area contributed by atoms with E-state index in [9.17, 15) is 5.21 Å². The van der Waals surface area contributed by atoms with Gasteiger partial charge in [0.05, 0.1) is 5.69 Å². The van der Waals surface area contributed by atoms with Crippen LogP contribution >= 0.6 is 0 Å². The molecule has 2 heterocycles. The van der Waals surface area contributed by atoms with E-state index in [0.29, 0.717) is 6.42 Å². The Bertz CT molecular complexity index is 420. The molecule has 0 amide bonds. The summed E-state index contributed by atoms with van der Waals surface area (Å²) in [5.41, 5.74) is 0.653. The van der Waals surface area contributed by atoms with Crippen LogP contribution in [0.2, 0.25) is 0 Å². The molecule has 88 valence electrons. The van der Waals surface area contributed by atoms with E-state index in [1.54, 1.807) is 0 Å². The molecule has 1 aromatic rings. The fourth-order valence-corrected chi connectivity index (χ4v) is 2.07. The maximum Gasteiger partial charge on any atom is 0.257 e. The highest BCUT2D eigenvalue weighted by atomic mass is 16.5. The summed E-state index contributed by atoms with van der Waals surface area (Å²) in [5, 5.41) is 17.2. The quantitative estimate of drug-likeness (QED) is 0.738. The summed E-state index contributed by atoms with van der Waals surface area (Å²) < 4.78 is 0.855. The van der Waals surface area contributed by atoms with Gasteiger partial charge >= 0.3 is 0 Å². The first-order valence-electron chi connectivity index (χ1n) is 5.84.